The largest absolute Gasteiger partial charge is 0.481 e. The lowest BCUT2D eigenvalue weighted by Gasteiger charge is -2.02. The van der Waals surface area contributed by atoms with Crippen LogP contribution in [0, 0.1) is 0 Å². The summed E-state index contributed by atoms with van der Waals surface area (Å²) in [4.78, 5) is 21.8. The van der Waals surface area contributed by atoms with Crippen molar-refractivity contribution < 1.29 is 14.7 Å². The maximum Gasteiger partial charge on any atom is 0.303 e. The van der Waals surface area contributed by atoms with Gasteiger partial charge in [0, 0.05) is 19.3 Å². The van der Waals surface area contributed by atoms with E-state index in [2.05, 4.69) is 6.92 Å². The number of carboxylic acids is 1. The number of aliphatic carboxylic acids is 1. The van der Waals surface area contributed by atoms with Crippen LogP contribution in [-0.4, -0.2) is 16.9 Å². The molecule has 1 N–H and O–H groups in total. The Morgan fingerprint density at radius 2 is 1.00 bits per heavy atom. The molecule has 0 amide bonds. The van der Waals surface area contributed by atoms with Crippen molar-refractivity contribution in [2.75, 3.05) is 0 Å². The molecule has 0 atom stereocenters. The van der Waals surface area contributed by atoms with Crippen LogP contribution < -0.4 is 0 Å². The van der Waals surface area contributed by atoms with Crippen LogP contribution in [0.5, 0.6) is 0 Å². The van der Waals surface area contributed by atoms with Gasteiger partial charge in [-0.05, 0) is 19.3 Å². The predicted molar refractivity (Wildman–Crippen MR) is 87.6 cm³/mol. The van der Waals surface area contributed by atoms with E-state index in [4.69, 9.17) is 5.11 Å². The van der Waals surface area contributed by atoms with E-state index in [1.807, 2.05) is 0 Å². The molecule has 124 valence electrons. The molecule has 0 aliphatic carbocycles. The zero-order valence-corrected chi connectivity index (χ0v) is 13.9. The van der Waals surface area contributed by atoms with Crippen LogP contribution in [0.3, 0.4) is 0 Å². The molecule has 21 heavy (non-hydrogen) atoms. The van der Waals surface area contributed by atoms with E-state index in [0.29, 0.717) is 12.2 Å². The lowest BCUT2D eigenvalue weighted by Crippen LogP contribution is -1.97. The summed E-state index contributed by atoms with van der Waals surface area (Å²) in [5.74, 6) is -0.235. The van der Waals surface area contributed by atoms with Gasteiger partial charge in [0.25, 0.3) is 0 Å². The summed E-state index contributed by atoms with van der Waals surface area (Å²) in [7, 11) is 0. The fourth-order valence-corrected chi connectivity index (χ4v) is 2.51. The topological polar surface area (TPSA) is 54.4 Å². The summed E-state index contributed by atoms with van der Waals surface area (Å²) in [6.07, 6.45) is 15.6. The Labute approximate surface area is 130 Å². The number of carbonyl (C=O) groups excluding carboxylic acids is 1. The first kappa shape index (κ1) is 20.1. The minimum atomic E-state index is -0.678. The van der Waals surface area contributed by atoms with Crippen molar-refractivity contribution in [3.05, 3.63) is 0 Å². The van der Waals surface area contributed by atoms with Gasteiger partial charge in [-0.3, -0.25) is 9.59 Å². The number of ketones is 1. The minimum Gasteiger partial charge on any atom is -0.481 e. The van der Waals surface area contributed by atoms with Crippen molar-refractivity contribution in [3.8, 4) is 0 Å². The maximum absolute atomic E-state index is 11.5. The number of carbonyl (C=O) groups is 2. The molecule has 0 bridgehead atoms. The molecule has 0 aromatic rings. The maximum atomic E-state index is 11.5. The zero-order valence-electron chi connectivity index (χ0n) is 13.9. The van der Waals surface area contributed by atoms with E-state index < -0.39 is 5.97 Å². The molecule has 0 aliphatic rings. The minimum absolute atomic E-state index is 0.316. The van der Waals surface area contributed by atoms with Gasteiger partial charge in [-0.1, -0.05) is 64.7 Å². The van der Waals surface area contributed by atoms with Crippen LogP contribution in [-0.2, 0) is 9.59 Å². The standard InChI is InChI=1S/C18H34O3/c1-2-3-14-17(19)15-12-10-8-6-4-5-7-9-11-13-16-18(20)21/h2-16H2,1H3,(H,20,21). The first-order valence-electron chi connectivity index (χ1n) is 8.90. The number of rotatable bonds is 16. The third-order valence-corrected chi connectivity index (χ3v) is 3.91. The number of Topliss-reactive ketones (excluding diaryl/α,β-unsaturated/α-hetero) is 1. The quantitative estimate of drug-likeness (QED) is 0.382. The molecule has 0 saturated carbocycles. The number of unbranched alkanes of at least 4 members (excludes halogenated alkanes) is 10. The summed E-state index contributed by atoms with van der Waals surface area (Å²) in [6, 6.07) is 0. The molecule has 0 saturated heterocycles. The summed E-state index contributed by atoms with van der Waals surface area (Å²) in [5.41, 5.74) is 0. The van der Waals surface area contributed by atoms with Crippen LogP contribution >= 0.6 is 0 Å². The van der Waals surface area contributed by atoms with Crippen molar-refractivity contribution in [2.24, 2.45) is 0 Å². The average Bonchev–Trinajstić information content (AvgIpc) is 2.45. The van der Waals surface area contributed by atoms with Gasteiger partial charge < -0.3 is 5.11 Å². The van der Waals surface area contributed by atoms with Crippen molar-refractivity contribution in [1.29, 1.82) is 0 Å². The Balaban J connectivity index is 3.09. The predicted octanol–water partition coefficient (Wildman–Crippen LogP) is 5.51. The van der Waals surface area contributed by atoms with Gasteiger partial charge in [0.15, 0.2) is 0 Å². The second-order valence-corrected chi connectivity index (χ2v) is 6.07. The summed E-state index contributed by atoms with van der Waals surface area (Å²) < 4.78 is 0. The molecule has 0 rings (SSSR count). The van der Waals surface area contributed by atoms with E-state index in [1.54, 1.807) is 0 Å². The van der Waals surface area contributed by atoms with Crippen LogP contribution in [0.2, 0.25) is 0 Å². The Bertz CT molecular complexity index is 261. The molecule has 0 radical (unpaired) electrons. The van der Waals surface area contributed by atoms with E-state index in [-0.39, 0.29) is 0 Å². The van der Waals surface area contributed by atoms with Gasteiger partial charge in [0.2, 0.25) is 0 Å². The SMILES string of the molecule is CCCCC(=O)CCCCCCCCCCCCC(=O)O. The van der Waals surface area contributed by atoms with E-state index in [0.717, 1.165) is 44.9 Å². The molecular weight excluding hydrogens is 264 g/mol. The number of carboxylic acid groups (broad SMARTS) is 1. The monoisotopic (exact) mass is 298 g/mol. The number of hydrogen-bond acceptors (Lipinski definition) is 2. The smallest absolute Gasteiger partial charge is 0.303 e. The third kappa shape index (κ3) is 17.1. The molecule has 0 aliphatic heterocycles. The summed E-state index contributed by atoms with van der Waals surface area (Å²) >= 11 is 0. The van der Waals surface area contributed by atoms with Crippen molar-refractivity contribution in [3.63, 3.8) is 0 Å². The lowest BCUT2D eigenvalue weighted by atomic mass is 10.0. The van der Waals surface area contributed by atoms with Crippen molar-refractivity contribution in [2.45, 2.75) is 103 Å². The molecule has 0 aromatic heterocycles. The fraction of sp³-hybridized carbons (Fsp3) is 0.889. The van der Waals surface area contributed by atoms with Crippen molar-refractivity contribution >= 4 is 11.8 Å². The second kappa shape index (κ2) is 15.5. The van der Waals surface area contributed by atoms with Gasteiger partial charge >= 0.3 is 5.97 Å². The Kier molecular flexibility index (Phi) is 14.9. The van der Waals surface area contributed by atoms with Gasteiger partial charge in [-0.2, -0.15) is 0 Å². The highest BCUT2D eigenvalue weighted by atomic mass is 16.4. The molecular formula is C18H34O3. The highest BCUT2D eigenvalue weighted by Gasteiger charge is 2.00. The van der Waals surface area contributed by atoms with Crippen LogP contribution in [0.1, 0.15) is 103 Å². The lowest BCUT2D eigenvalue weighted by molar-refractivity contribution is -0.137. The Hall–Kier alpha value is -0.860. The molecule has 0 unspecified atom stereocenters. The van der Waals surface area contributed by atoms with E-state index in [9.17, 15) is 9.59 Å². The molecule has 0 heterocycles. The summed E-state index contributed by atoms with van der Waals surface area (Å²) in [6.45, 7) is 2.12. The van der Waals surface area contributed by atoms with Crippen LogP contribution in [0.15, 0.2) is 0 Å². The molecule has 3 heteroatoms. The first-order valence-corrected chi connectivity index (χ1v) is 8.90. The average molecular weight is 298 g/mol. The fourth-order valence-electron chi connectivity index (χ4n) is 2.51. The molecule has 0 spiro atoms. The third-order valence-electron chi connectivity index (χ3n) is 3.91. The Morgan fingerprint density at radius 1 is 0.619 bits per heavy atom. The molecule has 3 nitrogen and oxygen atoms in total. The van der Waals surface area contributed by atoms with Gasteiger partial charge in [0.1, 0.15) is 5.78 Å². The normalized spacial score (nSPS) is 10.7. The van der Waals surface area contributed by atoms with Crippen molar-refractivity contribution in [1.82, 2.24) is 0 Å². The van der Waals surface area contributed by atoms with Gasteiger partial charge in [-0.25, -0.2) is 0 Å². The molecule has 0 fully saturated rings. The van der Waals surface area contributed by atoms with Crippen LogP contribution in [0.25, 0.3) is 0 Å². The zero-order chi connectivity index (χ0) is 15.8. The van der Waals surface area contributed by atoms with Gasteiger partial charge in [-0.15, -0.1) is 0 Å². The first-order chi connectivity index (χ1) is 10.2. The van der Waals surface area contributed by atoms with E-state index >= 15 is 0 Å². The van der Waals surface area contributed by atoms with Gasteiger partial charge in [0.05, 0.1) is 0 Å². The molecule has 0 aromatic carbocycles. The second-order valence-electron chi connectivity index (χ2n) is 6.07. The van der Waals surface area contributed by atoms with E-state index in [1.165, 1.54) is 44.9 Å². The highest BCUT2D eigenvalue weighted by Crippen LogP contribution is 2.12. The van der Waals surface area contributed by atoms with Crippen LogP contribution in [0.4, 0.5) is 0 Å². The summed E-state index contributed by atoms with van der Waals surface area (Å²) in [5, 5.41) is 8.51. The number of hydrogen-bond donors (Lipinski definition) is 1. The Morgan fingerprint density at radius 3 is 1.43 bits per heavy atom. The highest BCUT2D eigenvalue weighted by molar-refractivity contribution is 5.78.